The lowest BCUT2D eigenvalue weighted by Crippen LogP contribution is -2.23. The molecule has 37 heavy (non-hydrogen) atoms. The highest BCUT2D eigenvalue weighted by Crippen LogP contribution is 2.41. The Morgan fingerprint density at radius 1 is 0.865 bits per heavy atom. The molecule has 0 bridgehead atoms. The lowest BCUT2D eigenvalue weighted by Gasteiger charge is -2.29. The molecule has 1 unspecified atom stereocenters. The number of hydrogen-bond acceptors (Lipinski definition) is 2. The second-order valence-corrected chi connectivity index (χ2v) is 9.59. The van der Waals surface area contributed by atoms with Gasteiger partial charge in [-0.1, -0.05) is 38.7 Å². The number of halogens is 8. The van der Waals surface area contributed by atoms with Gasteiger partial charge in [0.2, 0.25) is 5.75 Å². The minimum Gasteiger partial charge on any atom is -0.399 e. The van der Waals surface area contributed by atoms with Gasteiger partial charge in [0, 0.05) is 0 Å². The summed E-state index contributed by atoms with van der Waals surface area (Å²) in [5.41, 5.74) is -0.937. The van der Waals surface area contributed by atoms with Crippen molar-refractivity contribution in [2.45, 2.75) is 89.7 Å². The fourth-order valence-corrected chi connectivity index (χ4v) is 4.87. The van der Waals surface area contributed by atoms with Gasteiger partial charge >= 0.3 is 12.5 Å². The smallest absolute Gasteiger partial charge is 0.399 e. The first-order valence-corrected chi connectivity index (χ1v) is 12.4. The van der Waals surface area contributed by atoms with E-state index < -0.39 is 52.9 Å². The average Bonchev–Trinajstić information content (AvgIpc) is 2.80. The predicted octanol–water partition coefficient (Wildman–Crippen LogP) is 9.68. The van der Waals surface area contributed by atoms with Gasteiger partial charge in [-0.25, -0.2) is 13.2 Å². The van der Waals surface area contributed by atoms with Crippen LogP contribution in [0.2, 0.25) is 0 Å². The second kappa shape index (κ2) is 12.0. The van der Waals surface area contributed by atoms with Gasteiger partial charge in [-0.15, -0.1) is 13.2 Å². The molecule has 0 N–H and O–H groups in total. The maximum absolute atomic E-state index is 14.8. The van der Waals surface area contributed by atoms with Crippen molar-refractivity contribution in [2.24, 2.45) is 5.92 Å². The van der Waals surface area contributed by atoms with Crippen LogP contribution in [0.25, 0.3) is 0 Å². The molecule has 2 aromatic carbocycles. The molecule has 2 nitrogen and oxygen atoms in total. The first kappa shape index (κ1) is 29.2. The molecule has 0 heterocycles. The van der Waals surface area contributed by atoms with Crippen molar-refractivity contribution in [3.05, 3.63) is 64.5 Å². The number of benzene rings is 2. The predicted molar refractivity (Wildman–Crippen MR) is 122 cm³/mol. The van der Waals surface area contributed by atoms with E-state index in [0.29, 0.717) is 23.6 Å². The number of hydrogen-bond donors (Lipinski definition) is 0. The first-order chi connectivity index (χ1) is 17.3. The summed E-state index contributed by atoms with van der Waals surface area (Å²) >= 11 is 0. The van der Waals surface area contributed by atoms with Crippen molar-refractivity contribution in [2.75, 3.05) is 0 Å². The van der Waals surface area contributed by atoms with Crippen LogP contribution in [0, 0.1) is 23.4 Å². The van der Waals surface area contributed by atoms with Crippen LogP contribution >= 0.6 is 0 Å². The van der Waals surface area contributed by atoms with Gasteiger partial charge < -0.3 is 9.47 Å². The highest BCUT2D eigenvalue weighted by Gasteiger charge is 2.39. The highest BCUT2D eigenvalue weighted by atomic mass is 19.4. The molecule has 0 amide bonds. The molecule has 2 aromatic rings. The minimum atomic E-state index is -5.35. The zero-order chi connectivity index (χ0) is 27.4. The van der Waals surface area contributed by atoms with Gasteiger partial charge in [-0.3, -0.25) is 0 Å². The zero-order valence-corrected chi connectivity index (χ0v) is 20.6. The Hall–Kier alpha value is -2.36. The molecule has 206 valence electrons. The quantitative estimate of drug-likeness (QED) is 0.221. The zero-order valence-electron chi connectivity index (χ0n) is 20.6. The monoisotopic (exact) mass is 538 g/mol. The molecule has 0 radical (unpaired) electrons. The van der Waals surface area contributed by atoms with Crippen molar-refractivity contribution in [1.82, 2.24) is 0 Å². The van der Waals surface area contributed by atoms with E-state index in [9.17, 15) is 35.1 Å². The van der Waals surface area contributed by atoms with Crippen LogP contribution in [0.5, 0.6) is 5.75 Å². The van der Waals surface area contributed by atoms with Crippen molar-refractivity contribution in [3.8, 4) is 5.75 Å². The van der Waals surface area contributed by atoms with Crippen LogP contribution in [-0.2, 0) is 10.8 Å². The summed E-state index contributed by atoms with van der Waals surface area (Å²) in [5.74, 6) is -5.68. The number of ether oxygens (including phenoxy) is 2. The fourth-order valence-electron chi connectivity index (χ4n) is 4.87. The van der Waals surface area contributed by atoms with Crippen LogP contribution in [0.1, 0.15) is 93.9 Å². The van der Waals surface area contributed by atoms with Gasteiger partial charge in [0.1, 0.15) is 5.82 Å². The standard InChI is InChI=1S/C27H30F8O2/c1-3-4-5-6-17-7-9-18(10-8-17)19-11-12-21(22(28)13-19)26(31,32)36-16(2)20-14-23(29)25(24(30)15-20)37-27(33,34)35/h11-18H,3-10H2,1-2H3. The average molecular weight is 539 g/mol. The molecule has 0 spiro atoms. The topological polar surface area (TPSA) is 18.5 Å². The van der Waals surface area contributed by atoms with E-state index in [1.807, 2.05) is 0 Å². The summed E-state index contributed by atoms with van der Waals surface area (Å²) in [6, 6.07) is 4.23. The van der Waals surface area contributed by atoms with Crippen molar-refractivity contribution < 1.29 is 44.6 Å². The van der Waals surface area contributed by atoms with Crippen LogP contribution < -0.4 is 4.74 Å². The summed E-state index contributed by atoms with van der Waals surface area (Å²) in [6.07, 6.45) is -2.79. The Bertz CT molecular complexity index is 1020. The number of alkyl halides is 5. The summed E-state index contributed by atoms with van der Waals surface area (Å²) in [5, 5.41) is 0. The van der Waals surface area contributed by atoms with Gasteiger partial charge in [0.05, 0.1) is 11.7 Å². The van der Waals surface area contributed by atoms with Crippen molar-refractivity contribution in [1.29, 1.82) is 0 Å². The van der Waals surface area contributed by atoms with E-state index in [2.05, 4.69) is 16.4 Å². The largest absolute Gasteiger partial charge is 0.573 e. The molecule has 0 saturated heterocycles. The number of unbranched alkanes of at least 4 members (excludes halogenated alkanes) is 2. The Morgan fingerprint density at radius 3 is 2.03 bits per heavy atom. The first-order valence-electron chi connectivity index (χ1n) is 12.4. The Labute approximate surface area is 211 Å². The van der Waals surface area contributed by atoms with Crippen LogP contribution in [-0.4, -0.2) is 6.36 Å². The lowest BCUT2D eigenvalue weighted by atomic mass is 9.77. The van der Waals surface area contributed by atoms with Gasteiger partial charge in [0.15, 0.2) is 11.6 Å². The van der Waals surface area contributed by atoms with E-state index in [1.54, 1.807) is 0 Å². The second-order valence-electron chi connectivity index (χ2n) is 9.59. The molecule has 1 saturated carbocycles. The van der Waals surface area contributed by atoms with E-state index in [4.69, 9.17) is 0 Å². The normalized spacial score (nSPS) is 19.6. The Balaban J connectivity index is 1.67. The van der Waals surface area contributed by atoms with E-state index in [0.717, 1.165) is 51.2 Å². The molecule has 1 aliphatic carbocycles. The van der Waals surface area contributed by atoms with Crippen LogP contribution in [0.15, 0.2) is 30.3 Å². The third kappa shape index (κ3) is 7.82. The molecule has 0 aliphatic heterocycles. The molecule has 1 fully saturated rings. The van der Waals surface area contributed by atoms with E-state index in [1.165, 1.54) is 25.3 Å². The van der Waals surface area contributed by atoms with Crippen LogP contribution in [0.3, 0.4) is 0 Å². The molecular formula is C27H30F8O2. The minimum absolute atomic E-state index is 0.0721. The summed E-state index contributed by atoms with van der Waals surface area (Å²) in [4.78, 5) is 0. The maximum Gasteiger partial charge on any atom is 0.573 e. The van der Waals surface area contributed by atoms with Gasteiger partial charge in [0.25, 0.3) is 0 Å². The summed E-state index contributed by atoms with van der Waals surface area (Å²) < 4.78 is 117. The lowest BCUT2D eigenvalue weighted by molar-refractivity contribution is -0.276. The number of rotatable bonds is 10. The Kier molecular flexibility index (Phi) is 9.47. The fraction of sp³-hybridized carbons (Fsp3) is 0.556. The van der Waals surface area contributed by atoms with E-state index >= 15 is 0 Å². The van der Waals surface area contributed by atoms with Crippen molar-refractivity contribution >= 4 is 0 Å². The highest BCUT2D eigenvalue weighted by molar-refractivity contribution is 5.33. The maximum atomic E-state index is 14.8. The SMILES string of the molecule is CCCCCC1CCC(c2ccc(C(F)(F)OC(C)c3cc(F)c(OC(F)(F)F)c(F)c3)c(F)c2)CC1. The third-order valence-corrected chi connectivity index (χ3v) is 6.87. The van der Waals surface area contributed by atoms with Gasteiger partial charge in [-0.05, 0) is 79.8 Å². The third-order valence-electron chi connectivity index (χ3n) is 6.87. The molecule has 0 aromatic heterocycles. The molecule has 10 heteroatoms. The Morgan fingerprint density at radius 2 is 1.49 bits per heavy atom. The molecule has 1 aliphatic rings. The summed E-state index contributed by atoms with van der Waals surface area (Å²) in [6.45, 7) is 3.16. The van der Waals surface area contributed by atoms with E-state index in [-0.39, 0.29) is 5.92 Å². The van der Waals surface area contributed by atoms with Crippen molar-refractivity contribution in [3.63, 3.8) is 0 Å². The summed E-state index contributed by atoms with van der Waals surface area (Å²) in [7, 11) is 0. The van der Waals surface area contributed by atoms with Crippen LogP contribution in [0.4, 0.5) is 35.1 Å². The molecule has 3 rings (SSSR count). The van der Waals surface area contributed by atoms with Gasteiger partial charge in [-0.2, -0.15) is 8.78 Å². The molecular weight excluding hydrogens is 508 g/mol. The molecule has 1 atom stereocenters.